The molecular formula is C15H11Br2NS. The second-order valence-corrected chi connectivity index (χ2v) is 7.73. The van der Waals surface area contributed by atoms with Crippen LogP contribution in [0.15, 0.2) is 56.8 Å². The van der Waals surface area contributed by atoms with Gasteiger partial charge in [0.15, 0.2) is 0 Å². The van der Waals surface area contributed by atoms with Crippen molar-refractivity contribution in [2.75, 3.05) is 5.32 Å². The number of anilines is 1. The van der Waals surface area contributed by atoms with Crippen molar-refractivity contribution in [3.63, 3.8) is 0 Å². The highest BCUT2D eigenvalue weighted by atomic mass is 79.9. The predicted molar refractivity (Wildman–Crippen MR) is 91.0 cm³/mol. The quantitative estimate of drug-likeness (QED) is 0.569. The summed E-state index contributed by atoms with van der Waals surface area (Å²) in [6.07, 6.45) is 0. The zero-order chi connectivity index (χ0) is 13.2. The van der Waals surface area contributed by atoms with Gasteiger partial charge in [-0.2, -0.15) is 0 Å². The molecule has 19 heavy (non-hydrogen) atoms. The third-order valence-electron chi connectivity index (χ3n) is 2.90. The Morgan fingerprint density at radius 1 is 0.895 bits per heavy atom. The van der Waals surface area contributed by atoms with Crippen LogP contribution >= 0.6 is 43.2 Å². The van der Waals surface area contributed by atoms with E-state index in [0.29, 0.717) is 0 Å². The van der Waals surface area contributed by atoms with E-state index in [1.807, 2.05) is 0 Å². The minimum absolute atomic E-state index is 0.859. The number of nitrogens with one attached hydrogen (secondary N) is 1. The van der Waals surface area contributed by atoms with Gasteiger partial charge in [-0.05, 0) is 63.1 Å². The highest BCUT2D eigenvalue weighted by Gasteiger charge is 2.00. The van der Waals surface area contributed by atoms with Gasteiger partial charge in [-0.25, -0.2) is 0 Å². The van der Waals surface area contributed by atoms with Crippen LogP contribution in [0.3, 0.4) is 0 Å². The van der Waals surface area contributed by atoms with Gasteiger partial charge in [0.25, 0.3) is 0 Å². The van der Waals surface area contributed by atoms with E-state index in [1.165, 1.54) is 19.4 Å². The van der Waals surface area contributed by atoms with Gasteiger partial charge in [0.2, 0.25) is 0 Å². The number of thiophene rings is 1. The minimum atomic E-state index is 0.859. The fraction of sp³-hybridized carbons (Fsp3) is 0.0667. The zero-order valence-electron chi connectivity index (χ0n) is 9.99. The van der Waals surface area contributed by atoms with E-state index in [9.17, 15) is 0 Å². The molecule has 4 heteroatoms. The van der Waals surface area contributed by atoms with E-state index in [4.69, 9.17) is 0 Å². The molecule has 2 aromatic carbocycles. The number of fused-ring (bicyclic) bond motifs is 1. The van der Waals surface area contributed by atoms with Crippen LogP contribution in [0.2, 0.25) is 0 Å². The standard InChI is InChI=1S/C15H11Br2NS/c16-12-3-1-11-8-13(4-2-10(11)7-12)18-9-14-5-6-15(17)19-14/h1-8,18H,9H2. The molecule has 0 saturated carbocycles. The van der Waals surface area contributed by atoms with Crippen LogP contribution in [-0.2, 0) is 6.54 Å². The van der Waals surface area contributed by atoms with E-state index in [-0.39, 0.29) is 0 Å². The van der Waals surface area contributed by atoms with Crippen molar-refractivity contribution in [3.05, 3.63) is 61.7 Å². The highest BCUT2D eigenvalue weighted by molar-refractivity contribution is 9.11. The molecule has 0 unspecified atom stereocenters. The smallest absolute Gasteiger partial charge is 0.0702 e. The second kappa shape index (κ2) is 5.65. The summed E-state index contributed by atoms with van der Waals surface area (Å²) in [5.74, 6) is 0. The van der Waals surface area contributed by atoms with Gasteiger partial charge in [0.05, 0.1) is 3.79 Å². The Morgan fingerprint density at radius 3 is 2.47 bits per heavy atom. The Morgan fingerprint density at radius 2 is 1.68 bits per heavy atom. The summed E-state index contributed by atoms with van der Waals surface area (Å²) in [7, 11) is 0. The van der Waals surface area contributed by atoms with Crippen LogP contribution in [0, 0.1) is 0 Å². The Balaban J connectivity index is 1.79. The number of halogens is 2. The van der Waals surface area contributed by atoms with Crippen LogP contribution in [0.1, 0.15) is 4.88 Å². The van der Waals surface area contributed by atoms with E-state index >= 15 is 0 Å². The Labute approximate surface area is 132 Å². The molecule has 0 atom stereocenters. The molecular weight excluding hydrogens is 386 g/mol. The lowest BCUT2D eigenvalue weighted by Crippen LogP contribution is -1.96. The normalized spacial score (nSPS) is 10.8. The number of rotatable bonds is 3. The summed E-state index contributed by atoms with van der Waals surface area (Å²) in [6.45, 7) is 0.859. The summed E-state index contributed by atoms with van der Waals surface area (Å²) in [5.41, 5.74) is 1.15. The molecule has 1 N–H and O–H groups in total. The monoisotopic (exact) mass is 395 g/mol. The molecule has 0 radical (unpaired) electrons. The summed E-state index contributed by atoms with van der Waals surface area (Å²) in [5, 5.41) is 5.96. The SMILES string of the molecule is Brc1ccc2cc(NCc3ccc(Br)s3)ccc2c1. The van der Waals surface area contributed by atoms with Crippen LogP contribution in [0.25, 0.3) is 10.8 Å². The predicted octanol–water partition coefficient (Wildman–Crippen LogP) is 6.04. The summed E-state index contributed by atoms with van der Waals surface area (Å²) in [4.78, 5) is 1.32. The van der Waals surface area contributed by atoms with E-state index in [1.54, 1.807) is 11.3 Å². The maximum atomic E-state index is 3.50. The fourth-order valence-corrected chi connectivity index (χ4v) is 3.76. The van der Waals surface area contributed by atoms with Crippen molar-refractivity contribution in [2.24, 2.45) is 0 Å². The minimum Gasteiger partial charge on any atom is -0.380 e. The molecule has 3 aromatic rings. The van der Waals surface area contributed by atoms with Crippen molar-refractivity contribution in [1.82, 2.24) is 0 Å². The third-order valence-corrected chi connectivity index (χ3v) is 5.01. The van der Waals surface area contributed by atoms with Gasteiger partial charge in [-0.15, -0.1) is 11.3 Å². The lowest BCUT2D eigenvalue weighted by atomic mass is 10.1. The van der Waals surface area contributed by atoms with Crippen molar-refractivity contribution < 1.29 is 0 Å². The molecule has 0 bridgehead atoms. The zero-order valence-corrected chi connectivity index (χ0v) is 14.0. The molecule has 0 spiro atoms. The van der Waals surface area contributed by atoms with Crippen LogP contribution < -0.4 is 5.32 Å². The van der Waals surface area contributed by atoms with Crippen LogP contribution in [-0.4, -0.2) is 0 Å². The molecule has 3 rings (SSSR count). The van der Waals surface area contributed by atoms with Gasteiger partial charge in [0.1, 0.15) is 0 Å². The molecule has 0 aliphatic carbocycles. The molecule has 0 aliphatic rings. The first-order chi connectivity index (χ1) is 9.20. The van der Waals surface area contributed by atoms with Crippen molar-refractivity contribution in [1.29, 1.82) is 0 Å². The van der Waals surface area contributed by atoms with Crippen molar-refractivity contribution >= 4 is 59.7 Å². The Kier molecular flexibility index (Phi) is 3.91. The number of benzene rings is 2. The lowest BCUT2D eigenvalue weighted by Gasteiger charge is -2.06. The molecule has 0 fully saturated rings. The van der Waals surface area contributed by atoms with E-state index in [0.717, 1.165) is 16.7 Å². The molecule has 96 valence electrons. The average molecular weight is 397 g/mol. The molecule has 0 saturated heterocycles. The first kappa shape index (κ1) is 13.2. The van der Waals surface area contributed by atoms with Gasteiger partial charge in [-0.1, -0.05) is 28.1 Å². The number of hydrogen-bond donors (Lipinski definition) is 1. The molecule has 1 nitrogen and oxygen atoms in total. The van der Waals surface area contributed by atoms with Crippen LogP contribution in [0.5, 0.6) is 0 Å². The Hall–Kier alpha value is -0.840. The van der Waals surface area contributed by atoms with Crippen LogP contribution in [0.4, 0.5) is 5.69 Å². The van der Waals surface area contributed by atoms with E-state index < -0.39 is 0 Å². The molecule has 1 heterocycles. The maximum absolute atomic E-state index is 3.50. The van der Waals surface area contributed by atoms with E-state index in [2.05, 4.69) is 85.7 Å². The largest absolute Gasteiger partial charge is 0.380 e. The summed E-state index contributed by atoms with van der Waals surface area (Å²) in [6, 6.07) is 17.0. The number of hydrogen-bond acceptors (Lipinski definition) is 2. The topological polar surface area (TPSA) is 12.0 Å². The first-order valence-corrected chi connectivity index (χ1v) is 8.28. The van der Waals surface area contributed by atoms with Crippen molar-refractivity contribution in [3.8, 4) is 0 Å². The average Bonchev–Trinajstić information content (AvgIpc) is 2.82. The summed E-state index contributed by atoms with van der Waals surface area (Å²) < 4.78 is 2.29. The Bertz CT molecular complexity index is 721. The second-order valence-electron chi connectivity index (χ2n) is 4.27. The first-order valence-electron chi connectivity index (χ1n) is 5.88. The maximum Gasteiger partial charge on any atom is 0.0702 e. The summed E-state index contributed by atoms with van der Waals surface area (Å²) >= 11 is 8.74. The molecule has 0 amide bonds. The highest BCUT2D eigenvalue weighted by Crippen LogP contribution is 2.25. The van der Waals surface area contributed by atoms with Crippen molar-refractivity contribution in [2.45, 2.75) is 6.54 Å². The van der Waals surface area contributed by atoms with Gasteiger partial charge >= 0.3 is 0 Å². The van der Waals surface area contributed by atoms with Gasteiger partial charge < -0.3 is 5.32 Å². The molecule has 0 aliphatic heterocycles. The lowest BCUT2D eigenvalue weighted by molar-refractivity contribution is 1.20. The van der Waals surface area contributed by atoms with Gasteiger partial charge in [-0.3, -0.25) is 0 Å². The molecule has 1 aromatic heterocycles. The fourth-order valence-electron chi connectivity index (χ4n) is 1.96. The van der Waals surface area contributed by atoms with Gasteiger partial charge in [0, 0.05) is 21.6 Å². The third kappa shape index (κ3) is 3.19.